The molecule has 1 N–H and O–H groups in total. The van der Waals surface area contributed by atoms with Crippen molar-refractivity contribution in [3.63, 3.8) is 0 Å². The fourth-order valence-electron chi connectivity index (χ4n) is 1.61. The molecule has 4 heteroatoms. The molecule has 1 aromatic carbocycles. The normalized spacial score (nSPS) is 17.6. The quantitative estimate of drug-likeness (QED) is 0.865. The molecule has 1 fully saturated rings. The van der Waals surface area contributed by atoms with Gasteiger partial charge in [0.1, 0.15) is 16.6 Å². The van der Waals surface area contributed by atoms with Crippen LogP contribution in [0.2, 0.25) is 5.02 Å². The van der Waals surface area contributed by atoms with E-state index in [1.165, 1.54) is 13.2 Å². The van der Waals surface area contributed by atoms with E-state index >= 15 is 0 Å². The zero-order chi connectivity index (χ0) is 11.1. The highest BCUT2D eigenvalue weighted by Crippen LogP contribution is 2.41. The Hall–Kier alpha value is -0.800. The first-order chi connectivity index (χ1) is 7.06. The molecule has 2 rings (SSSR count). The Morgan fingerprint density at radius 1 is 1.53 bits per heavy atom. The van der Waals surface area contributed by atoms with Crippen molar-refractivity contribution in [1.82, 2.24) is 0 Å². The Morgan fingerprint density at radius 3 is 2.73 bits per heavy atom. The maximum absolute atomic E-state index is 13.1. The smallest absolute Gasteiger partial charge is 0.145 e. The van der Waals surface area contributed by atoms with E-state index in [9.17, 15) is 9.50 Å². The first-order valence-corrected chi connectivity index (χ1v) is 5.17. The summed E-state index contributed by atoms with van der Waals surface area (Å²) >= 11 is 5.77. The van der Waals surface area contributed by atoms with Gasteiger partial charge in [0.25, 0.3) is 0 Å². The zero-order valence-corrected chi connectivity index (χ0v) is 9.14. The number of rotatable bonds is 3. The molecule has 82 valence electrons. The van der Waals surface area contributed by atoms with Crippen LogP contribution in [0.1, 0.15) is 18.4 Å². The average molecular weight is 231 g/mol. The fraction of sp³-hybridized carbons (Fsp3) is 0.455. The molecule has 15 heavy (non-hydrogen) atoms. The van der Waals surface area contributed by atoms with Crippen molar-refractivity contribution in [3.05, 3.63) is 28.5 Å². The Balaban J connectivity index is 2.34. The van der Waals surface area contributed by atoms with Gasteiger partial charge < -0.3 is 9.84 Å². The van der Waals surface area contributed by atoms with Gasteiger partial charge in [-0.25, -0.2) is 4.39 Å². The molecule has 0 saturated heterocycles. The van der Waals surface area contributed by atoms with Gasteiger partial charge >= 0.3 is 0 Å². The lowest BCUT2D eigenvalue weighted by Crippen LogP contribution is -2.11. The van der Waals surface area contributed by atoms with Crippen LogP contribution in [-0.4, -0.2) is 17.8 Å². The van der Waals surface area contributed by atoms with E-state index in [0.29, 0.717) is 12.2 Å². The molecule has 0 atom stereocenters. The second-order valence-corrected chi connectivity index (χ2v) is 4.33. The van der Waals surface area contributed by atoms with Crippen molar-refractivity contribution < 1.29 is 14.2 Å². The number of hydrogen-bond donors (Lipinski definition) is 1. The summed E-state index contributed by atoms with van der Waals surface area (Å²) in [7, 11) is 1.45. The molecule has 0 bridgehead atoms. The van der Waals surface area contributed by atoms with Crippen LogP contribution >= 0.6 is 11.6 Å². The molecule has 1 aliphatic carbocycles. The second-order valence-electron chi connectivity index (χ2n) is 3.95. The van der Waals surface area contributed by atoms with Crippen LogP contribution in [0.4, 0.5) is 4.39 Å². The van der Waals surface area contributed by atoms with Crippen molar-refractivity contribution in [2.24, 2.45) is 0 Å². The first kappa shape index (κ1) is 10.7. The topological polar surface area (TPSA) is 29.5 Å². The van der Waals surface area contributed by atoms with Crippen LogP contribution in [0.15, 0.2) is 12.1 Å². The van der Waals surface area contributed by atoms with Crippen LogP contribution in [0.3, 0.4) is 0 Å². The Kier molecular flexibility index (Phi) is 2.61. The van der Waals surface area contributed by atoms with Gasteiger partial charge in [-0.3, -0.25) is 0 Å². The van der Waals surface area contributed by atoms with E-state index in [-0.39, 0.29) is 5.02 Å². The van der Waals surface area contributed by atoms with Crippen LogP contribution in [0.5, 0.6) is 5.75 Å². The molecule has 0 radical (unpaired) electrons. The monoisotopic (exact) mass is 230 g/mol. The molecule has 1 saturated carbocycles. The van der Waals surface area contributed by atoms with Gasteiger partial charge in [-0.1, -0.05) is 17.7 Å². The van der Waals surface area contributed by atoms with Crippen molar-refractivity contribution in [2.45, 2.75) is 24.9 Å². The highest BCUT2D eigenvalue weighted by atomic mass is 35.5. The lowest BCUT2D eigenvalue weighted by atomic mass is 10.1. The first-order valence-electron chi connectivity index (χ1n) is 4.79. The number of hydrogen-bond acceptors (Lipinski definition) is 2. The maximum Gasteiger partial charge on any atom is 0.145 e. The van der Waals surface area contributed by atoms with Crippen molar-refractivity contribution >= 4 is 11.6 Å². The third-order valence-corrected chi connectivity index (χ3v) is 3.03. The Labute approximate surface area is 92.6 Å². The van der Waals surface area contributed by atoms with Gasteiger partial charge in [0, 0.05) is 6.42 Å². The lowest BCUT2D eigenvalue weighted by molar-refractivity contribution is 0.150. The third kappa shape index (κ3) is 2.08. The maximum atomic E-state index is 13.1. The molecular weight excluding hydrogens is 219 g/mol. The van der Waals surface area contributed by atoms with Crippen molar-refractivity contribution in [2.75, 3.05) is 7.11 Å². The Bertz CT molecular complexity index is 388. The summed E-state index contributed by atoms with van der Waals surface area (Å²) in [6, 6.07) is 2.91. The summed E-state index contributed by atoms with van der Waals surface area (Å²) in [5, 5.41) is 9.76. The molecule has 0 amide bonds. The van der Waals surface area contributed by atoms with Gasteiger partial charge in [0.05, 0.1) is 12.7 Å². The summed E-state index contributed by atoms with van der Waals surface area (Å²) < 4.78 is 18.2. The van der Waals surface area contributed by atoms with Gasteiger partial charge in [-0.2, -0.15) is 0 Å². The predicted molar refractivity (Wildman–Crippen MR) is 55.8 cm³/mol. The number of methoxy groups -OCH3 is 1. The van der Waals surface area contributed by atoms with Crippen molar-refractivity contribution in [3.8, 4) is 5.75 Å². The van der Waals surface area contributed by atoms with E-state index in [2.05, 4.69) is 0 Å². The number of aliphatic hydroxyl groups is 1. The molecule has 0 spiro atoms. The molecule has 0 unspecified atom stereocenters. The summed E-state index contributed by atoms with van der Waals surface area (Å²) in [4.78, 5) is 0. The number of ether oxygens (including phenoxy) is 1. The molecule has 0 aromatic heterocycles. The van der Waals surface area contributed by atoms with Crippen LogP contribution < -0.4 is 4.74 Å². The average Bonchev–Trinajstić information content (AvgIpc) is 2.91. The number of halogens is 2. The lowest BCUT2D eigenvalue weighted by Gasteiger charge is -2.13. The zero-order valence-electron chi connectivity index (χ0n) is 8.39. The Morgan fingerprint density at radius 2 is 2.20 bits per heavy atom. The van der Waals surface area contributed by atoms with E-state index in [1.54, 1.807) is 6.07 Å². The molecular formula is C11H12ClFO2. The van der Waals surface area contributed by atoms with Gasteiger partial charge in [-0.15, -0.1) is 0 Å². The van der Waals surface area contributed by atoms with E-state index in [4.69, 9.17) is 16.3 Å². The van der Waals surface area contributed by atoms with E-state index in [1.807, 2.05) is 0 Å². The number of benzene rings is 1. The molecule has 0 aliphatic heterocycles. The highest BCUT2D eigenvalue weighted by molar-refractivity contribution is 6.32. The molecule has 1 aromatic rings. The van der Waals surface area contributed by atoms with Crippen LogP contribution in [0.25, 0.3) is 0 Å². The second kappa shape index (κ2) is 3.65. The SMILES string of the molecule is COc1c(CC2(O)CC2)ccc(F)c1Cl. The van der Waals surface area contributed by atoms with Crippen molar-refractivity contribution in [1.29, 1.82) is 0 Å². The minimum atomic E-state index is -0.631. The fourth-order valence-corrected chi connectivity index (χ4v) is 1.87. The van der Waals surface area contributed by atoms with E-state index < -0.39 is 11.4 Å². The third-order valence-electron chi connectivity index (χ3n) is 2.68. The summed E-state index contributed by atoms with van der Waals surface area (Å²) in [5.74, 6) is -0.169. The van der Waals surface area contributed by atoms with E-state index in [0.717, 1.165) is 18.4 Å². The minimum Gasteiger partial charge on any atom is -0.495 e. The summed E-state index contributed by atoms with van der Waals surface area (Å²) in [5.41, 5.74) is 0.123. The van der Waals surface area contributed by atoms with Gasteiger partial charge in [0.15, 0.2) is 0 Å². The van der Waals surface area contributed by atoms with Crippen LogP contribution in [0, 0.1) is 5.82 Å². The summed E-state index contributed by atoms with van der Waals surface area (Å²) in [6.45, 7) is 0. The minimum absolute atomic E-state index is 0.0146. The summed E-state index contributed by atoms with van der Waals surface area (Å²) in [6.07, 6.45) is 2.03. The predicted octanol–water partition coefficient (Wildman–Crippen LogP) is 2.56. The van der Waals surface area contributed by atoms with Gasteiger partial charge in [0.2, 0.25) is 0 Å². The van der Waals surface area contributed by atoms with Crippen LogP contribution in [-0.2, 0) is 6.42 Å². The standard InChI is InChI=1S/C11H12ClFO2/c1-15-10-7(6-11(14)4-5-11)2-3-8(13)9(10)12/h2-3,14H,4-6H2,1H3. The molecule has 1 aliphatic rings. The highest BCUT2D eigenvalue weighted by Gasteiger charge is 2.41. The molecule has 2 nitrogen and oxygen atoms in total. The van der Waals surface area contributed by atoms with Gasteiger partial charge in [-0.05, 0) is 24.5 Å². The largest absolute Gasteiger partial charge is 0.495 e. The molecule has 0 heterocycles.